The number of piperidine rings is 1. The van der Waals surface area contributed by atoms with E-state index in [-0.39, 0.29) is 19.6 Å². The van der Waals surface area contributed by atoms with Crippen molar-refractivity contribution in [3.63, 3.8) is 0 Å². The fourth-order valence-corrected chi connectivity index (χ4v) is 3.70. The van der Waals surface area contributed by atoms with Crippen molar-refractivity contribution in [2.45, 2.75) is 38.7 Å². The Morgan fingerprint density at radius 2 is 2.14 bits per heavy atom. The number of pyridine rings is 1. The van der Waals surface area contributed by atoms with Crippen LogP contribution >= 0.6 is 0 Å². The van der Waals surface area contributed by atoms with E-state index in [0.29, 0.717) is 34.9 Å². The standard InChI is InChI=1S/C18H23F2N5O3/c1-3-12-14(25-8-11(6-16(27)28)7-18(19,20)10-25)5-4-13(21-12)17-15(9-26)24(2)23-22-17/h4-5,11,26H,3,6-10H2,1-2H3,(H,27,28)/t11-/m0/s1. The Bertz CT molecular complexity index is 871. The maximum absolute atomic E-state index is 14.2. The van der Waals surface area contributed by atoms with Gasteiger partial charge in [0.1, 0.15) is 5.69 Å². The van der Waals surface area contributed by atoms with Crippen molar-refractivity contribution < 1.29 is 23.8 Å². The lowest BCUT2D eigenvalue weighted by atomic mass is 9.91. The number of aromatic nitrogens is 4. The average Bonchev–Trinajstić information content (AvgIpc) is 2.99. The number of aliphatic hydroxyl groups is 1. The largest absolute Gasteiger partial charge is 0.481 e. The number of aliphatic hydroxyl groups excluding tert-OH is 1. The predicted octanol–water partition coefficient (Wildman–Crippen LogP) is 1.87. The number of alkyl halides is 2. The van der Waals surface area contributed by atoms with Crippen LogP contribution in [-0.2, 0) is 24.9 Å². The van der Waals surface area contributed by atoms with E-state index in [2.05, 4.69) is 15.3 Å². The molecule has 0 aliphatic carbocycles. The average molecular weight is 395 g/mol. The zero-order chi connectivity index (χ0) is 20.5. The molecule has 1 atom stereocenters. The molecule has 8 nitrogen and oxygen atoms in total. The second kappa shape index (κ2) is 7.78. The van der Waals surface area contributed by atoms with E-state index in [0.717, 1.165) is 0 Å². The first-order chi connectivity index (χ1) is 13.2. The molecule has 0 unspecified atom stereocenters. The number of hydrogen-bond donors (Lipinski definition) is 2. The van der Waals surface area contributed by atoms with Crippen molar-refractivity contribution in [2.24, 2.45) is 13.0 Å². The highest BCUT2D eigenvalue weighted by Gasteiger charge is 2.41. The van der Waals surface area contributed by atoms with Gasteiger partial charge in [0.25, 0.3) is 5.92 Å². The minimum atomic E-state index is -2.96. The van der Waals surface area contributed by atoms with Gasteiger partial charge in [-0.05, 0) is 24.5 Å². The molecule has 28 heavy (non-hydrogen) atoms. The van der Waals surface area contributed by atoms with Gasteiger partial charge in [0.05, 0.1) is 42.3 Å². The van der Waals surface area contributed by atoms with Gasteiger partial charge in [-0.25, -0.2) is 18.4 Å². The van der Waals surface area contributed by atoms with Gasteiger partial charge in [0.2, 0.25) is 0 Å². The van der Waals surface area contributed by atoms with Gasteiger partial charge >= 0.3 is 5.97 Å². The summed E-state index contributed by atoms with van der Waals surface area (Å²) in [5.74, 6) is -4.67. The van der Waals surface area contributed by atoms with Crippen molar-refractivity contribution in [1.82, 2.24) is 20.0 Å². The Labute approximate surface area is 160 Å². The summed E-state index contributed by atoms with van der Waals surface area (Å²) in [6, 6.07) is 3.37. The van der Waals surface area contributed by atoms with Crippen molar-refractivity contribution in [2.75, 3.05) is 18.0 Å². The molecule has 1 aliphatic heterocycles. The van der Waals surface area contributed by atoms with Crippen LogP contribution in [0.2, 0.25) is 0 Å². The SMILES string of the molecule is CCc1nc(-c2nnn(C)c2CO)ccc1N1C[C@@H](CC(=O)O)CC(F)(F)C1. The summed E-state index contributed by atoms with van der Waals surface area (Å²) < 4.78 is 29.9. The molecule has 0 amide bonds. The molecule has 0 bridgehead atoms. The fourth-order valence-electron chi connectivity index (χ4n) is 3.70. The van der Waals surface area contributed by atoms with E-state index in [1.54, 1.807) is 19.2 Å². The number of anilines is 1. The summed E-state index contributed by atoms with van der Waals surface area (Å²) in [6.45, 7) is 1.39. The number of rotatable bonds is 6. The molecule has 1 fully saturated rings. The minimum absolute atomic E-state index is 0.239. The zero-order valence-electron chi connectivity index (χ0n) is 15.8. The number of carbonyl (C=O) groups is 1. The third kappa shape index (κ3) is 4.11. The van der Waals surface area contributed by atoms with Crippen LogP contribution in [0.3, 0.4) is 0 Å². The number of nitrogens with zero attached hydrogens (tertiary/aromatic N) is 5. The molecule has 2 aromatic heterocycles. The fraction of sp³-hybridized carbons (Fsp3) is 0.556. The Hall–Kier alpha value is -2.62. The van der Waals surface area contributed by atoms with Gasteiger partial charge in [0, 0.05) is 20.0 Å². The number of carboxylic acids is 1. The van der Waals surface area contributed by atoms with E-state index < -0.39 is 30.8 Å². The molecule has 0 saturated carbocycles. The number of hydrogen-bond acceptors (Lipinski definition) is 6. The molecule has 2 aromatic rings. The molecule has 10 heteroatoms. The first-order valence-corrected chi connectivity index (χ1v) is 9.08. The van der Waals surface area contributed by atoms with Crippen LogP contribution in [0, 0.1) is 5.92 Å². The van der Waals surface area contributed by atoms with E-state index in [1.165, 1.54) is 9.58 Å². The molecule has 3 heterocycles. The van der Waals surface area contributed by atoms with Gasteiger partial charge in [-0.15, -0.1) is 5.10 Å². The minimum Gasteiger partial charge on any atom is -0.481 e. The van der Waals surface area contributed by atoms with Gasteiger partial charge in [-0.2, -0.15) is 0 Å². The topological polar surface area (TPSA) is 104 Å². The van der Waals surface area contributed by atoms with Gasteiger partial charge in [-0.3, -0.25) is 4.79 Å². The number of carboxylic acid groups (broad SMARTS) is 1. The number of halogens is 2. The smallest absolute Gasteiger partial charge is 0.303 e. The molecule has 3 rings (SSSR count). The lowest BCUT2D eigenvalue weighted by Crippen LogP contribution is -2.48. The highest BCUT2D eigenvalue weighted by atomic mass is 19.3. The molecule has 152 valence electrons. The predicted molar refractivity (Wildman–Crippen MR) is 97.1 cm³/mol. The third-order valence-corrected chi connectivity index (χ3v) is 4.91. The molecule has 0 spiro atoms. The van der Waals surface area contributed by atoms with Gasteiger partial charge < -0.3 is 15.1 Å². The van der Waals surface area contributed by atoms with Crippen LogP contribution < -0.4 is 4.90 Å². The highest BCUT2D eigenvalue weighted by Crippen LogP contribution is 2.36. The number of aryl methyl sites for hydroxylation is 2. The Morgan fingerprint density at radius 3 is 2.79 bits per heavy atom. The van der Waals surface area contributed by atoms with Crippen LogP contribution in [0.5, 0.6) is 0 Å². The maximum Gasteiger partial charge on any atom is 0.303 e. The summed E-state index contributed by atoms with van der Waals surface area (Å²) in [5, 5.41) is 26.4. The first kappa shape index (κ1) is 20.1. The van der Waals surface area contributed by atoms with Crippen LogP contribution in [0.1, 0.15) is 31.2 Å². The number of aliphatic carboxylic acids is 1. The van der Waals surface area contributed by atoms with Crippen molar-refractivity contribution >= 4 is 11.7 Å². The molecule has 2 N–H and O–H groups in total. The van der Waals surface area contributed by atoms with Gasteiger partial charge in [0.15, 0.2) is 0 Å². The normalized spacial score (nSPS) is 19.0. The monoisotopic (exact) mass is 395 g/mol. The molecular formula is C18H23F2N5O3. The van der Waals surface area contributed by atoms with Crippen molar-refractivity contribution in [3.05, 3.63) is 23.5 Å². The molecular weight excluding hydrogens is 372 g/mol. The van der Waals surface area contributed by atoms with E-state index >= 15 is 0 Å². The van der Waals surface area contributed by atoms with E-state index in [4.69, 9.17) is 5.11 Å². The Kier molecular flexibility index (Phi) is 5.59. The lowest BCUT2D eigenvalue weighted by molar-refractivity contribution is -0.139. The van der Waals surface area contributed by atoms with Crippen LogP contribution in [-0.4, -0.2) is 55.2 Å². The third-order valence-electron chi connectivity index (χ3n) is 4.91. The van der Waals surface area contributed by atoms with E-state index in [9.17, 15) is 18.7 Å². The Morgan fingerprint density at radius 1 is 1.39 bits per heavy atom. The Balaban J connectivity index is 1.94. The maximum atomic E-state index is 14.2. The van der Waals surface area contributed by atoms with Crippen LogP contribution in [0.15, 0.2) is 12.1 Å². The zero-order valence-corrected chi connectivity index (χ0v) is 15.8. The summed E-state index contributed by atoms with van der Waals surface area (Å²) in [7, 11) is 1.66. The lowest BCUT2D eigenvalue weighted by Gasteiger charge is -2.39. The summed E-state index contributed by atoms with van der Waals surface area (Å²) in [5.41, 5.74) is 2.63. The van der Waals surface area contributed by atoms with E-state index in [1.807, 2.05) is 6.92 Å². The molecule has 0 aromatic carbocycles. The van der Waals surface area contributed by atoms with Crippen molar-refractivity contribution in [3.8, 4) is 11.4 Å². The van der Waals surface area contributed by atoms with Crippen molar-refractivity contribution in [1.29, 1.82) is 0 Å². The second-order valence-electron chi connectivity index (χ2n) is 7.09. The molecule has 1 saturated heterocycles. The molecule has 0 radical (unpaired) electrons. The van der Waals surface area contributed by atoms with Crippen LogP contribution in [0.25, 0.3) is 11.4 Å². The second-order valence-corrected chi connectivity index (χ2v) is 7.09. The highest BCUT2D eigenvalue weighted by molar-refractivity contribution is 5.67. The first-order valence-electron chi connectivity index (χ1n) is 9.08. The van der Waals surface area contributed by atoms with Gasteiger partial charge in [-0.1, -0.05) is 12.1 Å². The van der Waals surface area contributed by atoms with Crippen LogP contribution in [0.4, 0.5) is 14.5 Å². The molecule has 1 aliphatic rings. The quantitative estimate of drug-likeness (QED) is 0.769. The summed E-state index contributed by atoms with van der Waals surface area (Å²) in [6.07, 6.45) is -0.218. The summed E-state index contributed by atoms with van der Waals surface area (Å²) in [4.78, 5) is 17.1. The summed E-state index contributed by atoms with van der Waals surface area (Å²) >= 11 is 0.